The Morgan fingerprint density at radius 1 is 1.11 bits per heavy atom. The van der Waals surface area contributed by atoms with Crippen molar-refractivity contribution in [2.45, 2.75) is 17.7 Å². The number of nitrogens with one attached hydrogen (secondary N) is 1. The lowest BCUT2D eigenvalue weighted by Crippen LogP contribution is -2.29. The quantitative estimate of drug-likeness (QED) is 0.779. The molecule has 1 saturated heterocycles. The normalized spacial score (nSPS) is 14.3. The van der Waals surface area contributed by atoms with E-state index in [-0.39, 0.29) is 27.1 Å². The summed E-state index contributed by atoms with van der Waals surface area (Å²) in [7, 11) is -2.51. The van der Waals surface area contributed by atoms with E-state index in [0.717, 1.165) is 12.8 Å². The zero-order valence-electron chi connectivity index (χ0n) is 14.5. The number of carbonyl (C=O) groups excluding carboxylic acids is 1. The highest BCUT2D eigenvalue weighted by molar-refractivity contribution is 7.92. The summed E-state index contributed by atoms with van der Waals surface area (Å²) in [6, 6.07) is 8.62. The molecule has 1 amide bonds. The van der Waals surface area contributed by atoms with Crippen molar-refractivity contribution in [3.05, 3.63) is 52.0 Å². The van der Waals surface area contributed by atoms with E-state index in [1.165, 1.54) is 43.5 Å². The first-order chi connectivity index (χ1) is 12.8. The van der Waals surface area contributed by atoms with E-state index in [4.69, 9.17) is 27.9 Å². The summed E-state index contributed by atoms with van der Waals surface area (Å²) in [4.78, 5) is 14.4. The number of hydrogen-bond donors (Lipinski definition) is 1. The predicted molar refractivity (Wildman–Crippen MR) is 105 cm³/mol. The topological polar surface area (TPSA) is 75.7 Å². The summed E-state index contributed by atoms with van der Waals surface area (Å²) in [5.41, 5.74) is 0.385. The second-order valence-corrected chi connectivity index (χ2v) is 8.62. The molecule has 0 atom stereocenters. The van der Waals surface area contributed by atoms with E-state index in [1.807, 2.05) is 0 Å². The maximum Gasteiger partial charge on any atom is 0.261 e. The highest BCUT2D eigenvalue weighted by atomic mass is 35.5. The van der Waals surface area contributed by atoms with Crippen LogP contribution in [0.5, 0.6) is 5.75 Å². The van der Waals surface area contributed by atoms with Crippen molar-refractivity contribution < 1.29 is 17.9 Å². The molecule has 27 heavy (non-hydrogen) atoms. The van der Waals surface area contributed by atoms with Gasteiger partial charge < -0.3 is 9.64 Å². The molecule has 2 aromatic rings. The SMILES string of the molecule is COc1ccc(S(=O)(=O)Nc2ccc(Cl)cc2C(=O)N2CCCC2)cc1Cl. The van der Waals surface area contributed by atoms with Crippen molar-refractivity contribution in [1.82, 2.24) is 4.90 Å². The molecule has 0 bridgehead atoms. The predicted octanol–water partition coefficient (Wildman–Crippen LogP) is 4.04. The number of halogens is 2. The van der Waals surface area contributed by atoms with Gasteiger partial charge in [0.2, 0.25) is 0 Å². The average Bonchev–Trinajstić information content (AvgIpc) is 3.17. The molecule has 3 rings (SSSR count). The number of likely N-dealkylation sites (tertiary alicyclic amines) is 1. The fourth-order valence-corrected chi connectivity index (χ4v) is 4.49. The van der Waals surface area contributed by atoms with Crippen LogP contribution in [0.15, 0.2) is 41.3 Å². The van der Waals surface area contributed by atoms with Gasteiger partial charge in [0.25, 0.3) is 15.9 Å². The summed E-state index contributed by atoms with van der Waals surface area (Å²) < 4.78 is 33.0. The van der Waals surface area contributed by atoms with Crippen molar-refractivity contribution in [3.8, 4) is 5.75 Å². The molecule has 1 heterocycles. The minimum absolute atomic E-state index is 0.0391. The van der Waals surface area contributed by atoms with E-state index in [9.17, 15) is 13.2 Å². The number of benzene rings is 2. The van der Waals surface area contributed by atoms with Crippen LogP contribution in [0.4, 0.5) is 5.69 Å². The van der Waals surface area contributed by atoms with Crippen molar-refractivity contribution in [3.63, 3.8) is 0 Å². The molecule has 144 valence electrons. The number of amides is 1. The minimum Gasteiger partial charge on any atom is -0.495 e. The molecule has 1 fully saturated rings. The van der Waals surface area contributed by atoms with Crippen LogP contribution in [0.3, 0.4) is 0 Å². The number of anilines is 1. The van der Waals surface area contributed by atoms with Gasteiger partial charge in [-0.2, -0.15) is 0 Å². The number of ether oxygens (including phenoxy) is 1. The largest absolute Gasteiger partial charge is 0.495 e. The first-order valence-electron chi connectivity index (χ1n) is 8.27. The third kappa shape index (κ3) is 4.31. The van der Waals surface area contributed by atoms with Crippen molar-refractivity contribution in [1.29, 1.82) is 0 Å². The molecule has 0 saturated carbocycles. The molecule has 0 aromatic heterocycles. The summed E-state index contributed by atoms with van der Waals surface area (Å²) in [5, 5.41) is 0.526. The fourth-order valence-electron chi connectivity index (χ4n) is 2.89. The summed E-state index contributed by atoms with van der Waals surface area (Å²) in [6.45, 7) is 1.29. The number of nitrogens with zero attached hydrogens (tertiary/aromatic N) is 1. The summed E-state index contributed by atoms with van der Waals surface area (Å²) in [6.07, 6.45) is 1.86. The van der Waals surface area contributed by atoms with E-state index >= 15 is 0 Å². The lowest BCUT2D eigenvalue weighted by Gasteiger charge is -2.19. The van der Waals surface area contributed by atoms with Gasteiger partial charge in [-0.15, -0.1) is 0 Å². The number of carbonyl (C=O) groups is 1. The Morgan fingerprint density at radius 2 is 1.81 bits per heavy atom. The molecule has 9 heteroatoms. The lowest BCUT2D eigenvalue weighted by molar-refractivity contribution is 0.0794. The molecule has 0 radical (unpaired) electrons. The van der Waals surface area contributed by atoms with Gasteiger partial charge in [0, 0.05) is 18.1 Å². The summed E-state index contributed by atoms with van der Waals surface area (Å²) in [5.74, 6) is 0.118. The van der Waals surface area contributed by atoms with Crippen LogP contribution in [0.2, 0.25) is 10.0 Å². The third-order valence-corrected chi connectivity index (χ3v) is 6.18. The molecule has 6 nitrogen and oxygen atoms in total. The van der Waals surface area contributed by atoms with E-state index in [2.05, 4.69) is 4.72 Å². The number of hydrogen-bond acceptors (Lipinski definition) is 4. The van der Waals surface area contributed by atoms with E-state index in [1.54, 1.807) is 4.90 Å². The smallest absolute Gasteiger partial charge is 0.261 e. The van der Waals surface area contributed by atoms with Crippen LogP contribution < -0.4 is 9.46 Å². The summed E-state index contributed by atoms with van der Waals surface area (Å²) >= 11 is 12.1. The lowest BCUT2D eigenvalue weighted by atomic mass is 10.1. The highest BCUT2D eigenvalue weighted by Crippen LogP contribution is 2.30. The van der Waals surface area contributed by atoms with Crippen LogP contribution in [0.25, 0.3) is 0 Å². The van der Waals surface area contributed by atoms with Crippen LogP contribution in [0, 0.1) is 0 Å². The van der Waals surface area contributed by atoms with Crippen LogP contribution in [-0.4, -0.2) is 39.4 Å². The van der Waals surface area contributed by atoms with Gasteiger partial charge in [0.05, 0.1) is 28.3 Å². The molecule has 2 aromatic carbocycles. The average molecular weight is 429 g/mol. The number of rotatable bonds is 5. The van der Waals surface area contributed by atoms with Crippen molar-refractivity contribution in [2.75, 3.05) is 24.9 Å². The number of methoxy groups -OCH3 is 1. The second kappa shape index (κ2) is 7.96. The minimum atomic E-state index is -3.96. The monoisotopic (exact) mass is 428 g/mol. The van der Waals surface area contributed by atoms with Gasteiger partial charge in [-0.25, -0.2) is 8.42 Å². The third-order valence-electron chi connectivity index (χ3n) is 4.28. The van der Waals surface area contributed by atoms with Crippen LogP contribution in [0.1, 0.15) is 23.2 Å². The first-order valence-corrected chi connectivity index (χ1v) is 10.5. The van der Waals surface area contributed by atoms with Gasteiger partial charge in [0.15, 0.2) is 0 Å². The first kappa shape index (κ1) is 19.8. The Morgan fingerprint density at radius 3 is 2.44 bits per heavy atom. The van der Waals surface area contributed by atoms with Gasteiger partial charge >= 0.3 is 0 Å². The molecule has 1 aliphatic rings. The Hall–Kier alpha value is -1.96. The fraction of sp³-hybridized carbons (Fsp3) is 0.278. The molecule has 0 unspecified atom stereocenters. The van der Waals surface area contributed by atoms with Crippen molar-refractivity contribution in [2.24, 2.45) is 0 Å². The van der Waals surface area contributed by atoms with Crippen LogP contribution in [-0.2, 0) is 10.0 Å². The van der Waals surface area contributed by atoms with Crippen molar-refractivity contribution >= 4 is 44.8 Å². The Balaban J connectivity index is 1.94. The second-order valence-electron chi connectivity index (χ2n) is 6.09. The molecule has 1 N–H and O–H groups in total. The standard InChI is InChI=1S/C18H18Cl2N2O4S/c1-26-17-7-5-13(11-15(17)20)27(24,25)21-16-6-4-12(19)10-14(16)18(23)22-8-2-3-9-22/h4-7,10-11,21H,2-3,8-9H2,1H3. The maximum absolute atomic E-state index is 12.8. The van der Waals surface area contributed by atoms with Gasteiger partial charge in [-0.05, 0) is 49.2 Å². The zero-order chi connectivity index (χ0) is 19.6. The van der Waals surface area contributed by atoms with Gasteiger partial charge in [0.1, 0.15) is 5.75 Å². The molecular weight excluding hydrogens is 411 g/mol. The molecule has 0 aliphatic carbocycles. The molecule has 1 aliphatic heterocycles. The number of sulfonamides is 1. The van der Waals surface area contributed by atoms with E-state index < -0.39 is 10.0 Å². The Kier molecular flexibility index (Phi) is 5.83. The van der Waals surface area contributed by atoms with Gasteiger partial charge in [-0.1, -0.05) is 23.2 Å². The highest BCUT2D eigenvalue weighted by Gasteiger charge is 2.25. The Bertz CT molecular complexity index is 973. The maximum atomic E-state index is 12.8. The van der Waals surface area contributed by atoms with Gasteiger partial charge in [-0.3, -0.25) is 9.52 Å². The molecular formula is C18H18Cl2N2O4S. The van der Waals surface area contributed by atoms with Crippen LogP contribution >= 0.6 is 23.2 Å². The Labute approximate surface area is 168 Å². The van der Waals surface area contributed by atoms with E-state index in [0.29, 0.717) is 23.9 Å². The zero-order valence-corrected chi connectivity index (χ0v) is 16.9. The molecule has 0 spiro atoms.